The second kappa shape index (κ2) is 15.3. The summed E-state index contributed by atoms with van der Waals surface area (Å²) in [5.41, 5.74) is 5.82. The van der Waals surface area contributed by atoms with E-state index < -0.39 is 8.07 Å². The van der Waals surface area contributed by atoms with E-state index in [2.05, 4.69) is 72.8 Å². The Morgan fingerprint density at radius 2 is 1.67 bits per heavy atom. The Kier molecular flexibility index (Phi) is 11.9. The summed E-state index contributed by atoms with van der Waals surface area (Å²) in [6.45, 7) is 11.0. The summed E-state index contributed by atoms with van der Waals surface area (Å²) >= 11 is 0. The molecule has 6 heterocycles. The number of rotatable bonds is 4. The average Bonchev–Trinajstić information content (AvgIpc) is 3.67. The van der Waals surface area contributed by atoms with Gasteiger partial charge >= 0.3 is 0 Å². The van der Waals surface area contributed by atoms with Crippen molar-refractivity contribution in [1.82, 2.24) is 39.7 Å². The molecule has 0 saturated heterocycles. The van der Waals surface area contributed by atoms with Crippen LogP contribution in [0.15, 0.2) is 91.9 Å². The third-order valence-corrected chi connectivity index (χ3v) is 8.39. The van der Waals surface area contributed by atoms with Crippen molar-refractivity contribution in [1.29, 1.82) is 0 Å². The van der Waals surface area contributed by atoms with Gasteiger partial charge in [-0.1, -0.05) is 64.1 Å². The topological polar surface area (TPSA) is 100 Å². The standard InChI is InChI=1S/C15H19N2Si.C9H11N4.C8H6N3.Ir/c1-11-6-8-14(12(2)17-11)15-9-7-13(10-16-15)18(3,4)5;1-12-6-4-3-5-8(12)9-10-7-11-13(9)2;1-2-4-9-7(3-1)8-10-5-6-11-8;/h6-7,9-10H,1-5H3;3-7H,1-2H3;1-6H;/q-1;+1;-1;. The smallest absolute Gasteiger partial charge is 0.249 e. The van der Waals surface area contributed by atoms with Crippen molar-refractivity contribution in [2.24, 2.45) is 14.1 Å². The molecule has 0 unspecified atom stereocenters. The van der Waals surface area contributed by atoms with Crippen LogP contribution in [0.25, 0.3) is 34.3 Å². The SMILES string of the molecule is Cc1c[c-]c(-c2ccc([Si](C)(C)C)cn2)c(C)n1.Cn1ncnc1-c1cccc[n+]1C.[Ir].c1ccc(-c2ncc[n-]2)nc1. The van der Waals surface area contributed by atoms with Crippen LogP contribution in [-0.4, -0.2) is 42.8 Å². The molecule has 0 fully saturated rings. The molecule has 11 heteroatoms. The number of hydrogen-bond donors (Lipinski definition) is 0. The molecule has 0 bridgehead atoms. The Labute approximate surface area is 267 Å². The molecule has 6 aromatic rings. The summed E-state index contributed by atoms with van der Waals surface area (Å²) in [4.78, 5) is 25.3. The molecule has 1 radical (unpaired) electrons. The second-order valence-corrected chi connectivity index (χ2v) is 15.8. The van der Waals surface area contributed by atoms with Crippen LogP contribution in [0.3, 0.4) is 0 Å². The molecule has 43 heavy (non-hydrogen) atoms. The van der Waals surface area contributed by atoms with E-state index in [0.29, 0.717) is 5.82 Å². The fraction of sp³-hybridized carbons (Fsp3) is 0.219. The van der Waals surface area contributed by atoms with E-state index in [9.17, 15) is 0 Å². The van der Waals surface area contributed by atoms with E-state index >= 15 is 0 Å². The number of imidazole rings is 1. The predicted molar refractivity (Wildman–Crippen MR) is 167 cm³/mol. The zero-order chi connectivity index (χ0) is 30.1. The van der Waals surface area contributed by atoms with Crippen molar-refractivity contribution in [3.8, 4) is 34.3 Å². The summed E-state index contributed by atoms with van der Waals surface area (Å²) in [5.74, 6) is 1.56. The van der Waals surface area contributed by atoms with Crippen LogP contribution >= 0.6 is 0 Å². The van der Waals surface area contributed by atoms with Crippen LogP contribution in [0.4, 0.5) is 0 Å². The molecule has 9 nitrogen and oxygen atoms in total. The van der Waals surface area contributed by atoms with Gasteiger partial charge in [-0.3, -0.25) is 4.98 Å². The number of pyridine rings is 4. The minimum absolute atomic E-state index is 0. The van der Waals surface area contributed by atoms with Gasteiger partial charge in [-0.25, -0.2) is 9.67 Å². The number of aromatic nitrogens is 9. The zero-order valence-electron chi connectivity index (χ0n) is 25.5. The molecular weight excluding hydrogens is 731 g/mol. The van der Waals surface area contributed by atoms with Gasteiger partial charge in [0.25, 0.3) is 0 Å². The predicted octanol–water partition coefficient (Wildman–Crippen LogP) is 4.51. The second-order valence-electron chi connectivity index (χ2n) is 10.7. The van der Waals surface area contributed by atoms with Crippen molar-refractivity contribution < 1.29 is 24.7 Å². The van der Waals surface area contributed by atoms with E-state index in [-0.39, 0.29) is 20.1 Å². The van der Waals surface area contributed by atoms with Crippen molar-refractivity contribution in [2.75, 3.05) is 0 Å². The molecule has 0 aliphatic heterocycles. The average molecular weight is 767 g/mol. The Balaban J connectivity index is 0.000000180. The van der Waals surface area contributed by atoms with Gasteiger partial charge in [-0.15, -0.1) is 17.7 Å². The van der Waals surface area contributed by atoms with Gasteiger partial charge in [-0.05, 0) is 46.3 Å². The molecule has 0 N–H and O–H groups in total. The van der Waals surface area contributed by atoms with E-state index in [0.717, 1.165) is 39.9 Å². The van der Waals surface area contributed by atoms with E-state index in [1.165, 1.54) is 5.19 Å². The fourth-order valence-corrected chi connectivity index (χ4v) is 5.07. The molecule has 0 aromatic carbocycles. The molecule has 6 rings (SSSR count). The molecule has 0 amide bonds. The van der Waals surface area contributed by atoms with Crippen LogP contribution in [0.2, 0.25) is 19.6 Å². The maximum absolute atomic E-state index is 4.57. The Hall–Kier alpha value is -4.18. The van der Waals surface area contributed by atoms with Gasteiger partial charge in [0.15, 0.2) is 6.20 Å². The first-order chi connectivity index (χ1) is 20.1. The van der Waals surface area contributed by atoms with Crippen LogP contribution in [0.1, 0.15) is 11.4 Å². The molecule has 223 valence electrons. The molecule has 0 saturated carbocycles. The van der Waals surface area contributed by atoms with Gasteiger partial charge in [0.2, 0.25) is 11.5 Å². The van der Waals surface area contributed by atoms with Gasteiger partial charge in [-0.2, -0.15) is 9.67 Å². The zero-order valence-corrected chi connectivity index (χ0v) is 28.9. The molecule has 6 aromatic heterocycles. The minimum Gasteiger partial charge on any atom is -0.441 e. The van der Waals surface area contributed by atoms with Crippen molar-refractivity contribution >= 4 is 13.3 Å². The summed E-state index contributed by atoms with van der Waals surface area (Å²) in [6, 6.07) is 21.1. The van der Waals surface area contributed by atoms with Crippen LogP contribution in [0.5, 0.6) is 0 Å². The molecule has 0 atom stereocenters. The fourth-order valence-electron chi connectivity index (χ4n) is 4.03. The van der Waals surface area contributed by atoms with Crippen molar-refractivity contribution in [3.63, 3.8) is 0 Å². The molecule has 0 aliphatic carbocycles. The van der Waals surface area contributed by atoms with Gasteiger partial charge < -0.3 is 19.9 Å². The van der Waals surface area contributed by atoms with Gasteiger partial charge in [0.05, 0.1) is 13.8 Å². The largest absolute Gasteiger partial charge is 0.441 e. The van der Waals surface area contributed by atoms with E-state index in [1.807, 2.05) is 87.4 Å². The quantitative estimate of drug-likeness (QED) is 0.148. The Bertz CT molecular complexity index is 1700. The van der Waals surface area contributed by atoms with E-state index in [4.69, 9.17) is 0 Å². The van der Waals surface area contributed by atoms with Crippen LogP contribution in [-0.2, 0) is 34.2 Å². The minimum atomic E-state index is -1.27. The first kappa shape index (κ1) is 33.3. The van der Waals surface area contributed by atoms with Crippen LogP contribution < -0.4 is 14.7 Å². The summed E-state index contributed by atoms with van der Waals surface area (Å²) in [7, 11) is 2.61. The summed E-state index contributed by atoms with van der Waals surface area (Å²) in [5, 5.41) is 5.41. The van der Waals surface area contributed by atoms with Crippen molar-refractivity contribution in [3.05, 3.63) is 109 Å². The normalized spacial score (nSPS) is 10.5. The first-order valence-corrected chi connectivity index (χ1v) is 17.1. The summed E-state index contributed by atoms with van der Waals surface area (Å²) in [6.07, 6.45) is 10.6. The first-order valence-electron chi connectivity index (χ1n) is 13.6. The van der Waals surface area contributed by atoms with E-state index in [1.54, 1.807) is 29.6 Å². The third-order valence-electron chi connectivity index (χ3n) is 6.37. The van der Waals surface area contributed by atoms with Crippen molar-refractivity contribution in [2.45, 2.75) is 33.5 Å². The molecule has 0 spiro atoms. The van der Waals surface area contributed by atoms with Gasteiger partial charge in [0.1, 0.15) is 13.4 Å². The molecule has 0 aliphatic rings. The number of hydrogen-bond acceptors (Lipinski definition) is 6. The monoisotopic (exact) mass is 767 g/mol. The van der Waals surface area contributed by atoms with Crippen LogP contribution in [0, 0.1) is 19.9 Å². The Morgan fingerprint density at radius 3 is 2.23 bits per heavy atom. The number of aryl methyl sites for hydroxylation is 4. The molecular formula is C32H36IrN9Si-. The maximum Gasteiger partial charge on any atom is 0.249 e. The van der Waals surface area contributed by atoms with Gasteiger partial charge in [0, 0.05) is 51.7 Å². The summed E-state index contributed by atoms with van der Waals surface area (Å²) < 4.78 is 3.78. The third kappa shape index (κ3) is 9.15. The maximum atomic E-state index is 4.57. The Morgan fingerprint density at radius 1 is 0.884 bits per heavy atom. The number of nitrogens with zero attached hydrogens (tertiary/aromatic N) is 9.